The second kappa shape index (κ2) is 16.0. The molecule has 0 amide bonds. The lowest BCUT2D eigenvalue weighted by atomic mass is 9.93. The molecule has 0 aromatic rings. The van der Waals surface area contributed by atoms with Crippen molar-refractivity contribution < 1.29 is 94.8 Å². The van der Waals surface area contributed by atoms with Crippen molar-refractivity contribution in [1.29, 1.82) is 0 Å². The Labute approximate surface area is 244 Å². The summed E-state index contributed by atoms with van der Waals surface area (Å²) in [6.07, 6.45) is -31.1. The fourth-order valence-electron chi connectivity index (χ4n) is 4.92. The number of aliphatic hydroxyl groups is 13. The van der Waals surface area contributed by atoms with Crippen LogP contribution in [0.5, 0.6) is 0 Å². The molecule has 3 aliphatic heterocycles. The summed E-state index contributed by atoms with van der Waals surface area (Å²) in [6.45, 7) is 0.724. The Morgan fingerprint density at radius 3 is 1.51 bits per heavy atom. The molecule has 13 N–H and O–H groups in total. The van der Waals surface area contributed by atoms with E-state index in [2.05, 4.69) is 6.58 Å². The van der Waals surface area contributed by atoms with Gasteiger partial charge in [0.2, 0.25) is 0 Å². The third kappa shape index (κ3) is 8.04. The number of rotatable bonds is 13. The molecule has 0 radical (unpaired) electrons. The fourth-order valence-corrected chi connectivity index (χ4v) is 4.92. The van der Waals surface area contributed by atoms with Gasteiger partial charge in [-0.05, 0) is 0 Å². The number of hydrogen-bond acceptors (Lipinski definition) is 19. The van der Waals surface area contributed by atoms with E-state index in [0.717, 1.165) is 0 Å². The normalized spacial score (nSPS) is 46.2. The lowest BCUT2D eigenvalue weighted by Crippen LogP contribution is -2.67. The molecule has 3 saturated heterocycles. The highest BCUT2D eigenvalue weighted by Crippen LogP contribution is 2.32. The Morgan fingerprint density at radius 2 is 1.00 bits per heavy atom. The zero-order chi connectivity index (χ0) is 32.2. The topological polar surface area (TPSA) is 318 Å². The van der Waals surface area contributed by atoms with Gasteiger partial charge in [-0.3, -0.25) is 0 Å². The van der Waals surface area contributed by atoms with Crippen LogP contribution in [0, 0.1) is 0 Å². The molecule has 0 bridgehead atoms. The van der Waals surface area contributed by atoms with E-state index >= 15 is 0 Å². The molecule has 0 saturated carbocycles. The summed E-state index contributed by atoms with van der Waals surface area (Å²) in [6, 6.07) is 0. The summed E-state index contributed by atoms with van der Waals surface area (Å²) in [7, 11) is 0. The van der Waals surface area contributed by atoms with Gasteiger partial charge in [-0.2, -0.15) is 0 Å². The molecule has 3 fully saturated rings. The lowest BCUT2D eigenvalue weighted by Gasteiger charge is -2.47. The minimum Gasteiger partial charge on any atom is -0.394 e. The van der Waals surface area contributed by atoms with Gasteiger partial charge < -0.3 is 94.8 Å². The molecule has 19 nitrogen and oxygen atoms in total. The van der Waals surface area contributed by atoms with Crippen molar-refractivity contribution in [3.05, 3.63) is 12.7 Å². The zero-order valence-electron chi connectivity index (χ0n) is 22.8. The van der Waals surface area contributed by atoms with E-state index in [0.29, 0.717) is 0 Å². The van der Waals surface area contributed by atoms with Crippen LogP contribution in [0.1, 0.15) is 0 Å². The summed E-state index contributed by atoms with van der Waals surface area (Å²) in [4.78, 5) is 0. The largest absolute Gasteiger partial charge is 0.394 e. The third-order valence-electron chi connectivity index (χ3n) is 7.41. The first-order chi connectivity index (χ1) is 20.3. The summed E-state index contributed by atoms with van der Waals surface area (Å²) in [5, 5.41) is 132. The maximum absolute atomic E-state index is 10.7. The van der Waals surface area contributed by atoms with Gasteiger partial charge >= 0.3 is 0 Å². The molecule has 43 heavy (non-hydrogen) atoms. The van der Waals surface area contributed by atoms with E-state index in [1.54, 1.807) is 0 Å². The Bertz CT molecular complexity index is 853. The van der Waals surface area contributed by atoms with Gasteiger partial charge in [0.25, 0.3) is 0 Å². The molecule has 19 heteroatoms. The highest BCUT2D eigenvalue weighted by atomic mass is 16.7. The number of hydrogen-bond donors (Lipinski definition) is 13. The first kappa shape index (κ1) is 36.4. The van der Waals surface area contributed by atoms with Crippen molar-refractivity contribution in [3.8, 4) is 0 Å². The average molecular weight is 635 g/mol. The van der Waals surface area contributed by atoms with Crippen LogP contribution in [-0.2, 0) is 28.4 Å². The molecule has 0 unspecified atom stereocenters. The molecule has 0 spiro atoms. The molecule has 3 heterocycles. The van der Waals surface area contributed by atoms with Crippen molar-refractivity contribution in [1.82, 2.24) is 0 Å². The van der Waals surface area contributed by atoms with Crippen LogP contribution in [0.4, 0.5) is 0 Å². The second-order valence-electron chi connectivity index (χ2n) is 10.5. The molecule has 18 atom stereocenters. The van der Waals surface area contributed by atoms with Crippen molar-refractivity contribution in [2.24, 2.45) is 0 Å². The van der Waals surface area contributed by atoms with E-state index in [1.807, 2.05) is 0 Å². The van der Waals surface area contributed by atoms with E-state index in [4.69, 9.17) is 33.5 Å². The molecular weight excluding hydrogens is 592 g/mol. The highest BCUT2D eigenvalue weighted by Gasteiger charge is 2.53. The summed E-state index contributed by atoms with van der Waals surface area (Å²) in [5.41, 5.74) is 0. The van der Waals surface area contributed by atoms with Gasteiger partial charge in [0.15, 0.2) is 18.9 Å². The maximum atomic E-state index is 10.7. The van der Waals surface area contributed by atoms with Crippen molar-refractivity contribution >= 4 is 0 Å². The van der Waals surface area contributed by atoms with E-state index in [1.165, 1.54) is 6.08 Å². The van der Waals surface area contributed by atoms with E-state index in [-0.39, 0.29) is 6.61 Å². The van der Waals surface area contributed by atoms with E-state index < -0.39 is 130 Å². The SMILES string of the molecule is C=CCO[C@H]1O[C@H]([C@@H](O)CO)[C@@H](O)[C@H](O[C@H]2O[C@H]([C@@H](O)CO[C@H]3O[C@H]([C@@H](O)CO)[C@@H](O)[C@H](O)[C@@H]3O)[C@@H](O)[C@H](O)[C@@H]2O)[C@@H]1O. The summed E-state index contributed by atoms with van der Waals surface area (Å²) >= 11 is 0. The fraction of sp³-hybridized carbons (Fsp3) is 0.917. The minimum atomic E-state index is -2.03. The average Bonchev–Trinajstić information content (AvgIpc) is 3.00. The van der Waals surface area contributed by atoms with Gasteiger partial charge in [0, 0.05) is 0 Å². The van der Waals surface area contributed by atoms with Gasteiger partial charge in [0.05, 0.1) is 26.4 Å². The van der Waals surface area contributed by atoms with Crippen molar-refractivity contribution in [2.75, 3.05) is 26.4 Å². The van der Waals surface area contributed by atoms with Gasteiger partial charge in [-0.15, -0.1) is 6.58 Å². The van der Waals surface area contributed by atoms with E-state index in [9.17, 15) is 61.3 Å². The molecule has 3 aliphatic rings. The van der Waals surface area contributed by atoms with Crippen LogP contribution in [0.3, 0.4) is 0 Å². The number of ether oxygens (including phenoxy) is 6. The third-order valence-corrected chi connectivity index (χ3v) is 7.41. The monoisotopic (exact) mass is 634 g/mol. The van der Waals surface area contributed by atoms with Crippen LogP contribution in [0.2, 0.25) is 0 Å². The molecule has 252 valence electrons. The smallest absolute Gasteiger partial charge is 0.187 e. The van der Waals surface area contributed by atoms with Crippen LogP contribution in [0.25, 0.3) is 0 Å². The minimum absolute atomic E-state index is 0.149. The van der Waals surface area contributed by atoms with Crippen molar-refractivity contribution in [2.45, 2.75) is 110 Å². The highest BCUT2D eigenvalue weighted by molar-refractivity contribution is 4.98. The van der Waals surface area contributed by atoms with Crippen LogP contribution < -0.4 is 0 Å². The summed E-state index contributed by atoms with van der Waals surface area (Å²) in [5.74, 6) is 0. The predicted molar refractivity (Wildman–Crippen MR) is 133 cm³/mol. The Morgan fingerprint density at radius 1 is 0.558 bits per heavy atom. The van der Waals surface area contributed by atoms with Crippen LogP contribution in [-0.4, -0.2) is 203 Å². The predicted octanol–water partition coefficient (Wildman–Crippen LogP) is -8.28. The molecule has 0 aliphatic carbocycles. The first-order valence-electron chi connectivity index (χ1n) is 13.4. The van der Waals surface area contributed by atoms with Crippen molar-refractivity contribution in [3.63, 3.8) is 0 Å². The molecular formula is C24H42O19. The van der Waals surface area contributed by atoms with Gasteiger partial charge in [-0.25, -0.2) is 0 Å². The molecule has 0 aromatic heterocycles. The zero-order valence-corrected chi connectivity index (χ0v) is 22.8. The first-order valence-corrected chi connectivity index (χ1v) is 13.4. The maximum Gasteiger partial charge on any atom is 0.187 e. The summed E-state index contributed by atoms with van der Waals surface area (Å²) < 4.78 is 32.1. The Balaban J connectivity index is 1.72. The lowest BCUT2D eigenvalue weighted by molar-refractivity contribution is -0.369. The quantitative estimate of drug-likeness (QED) is 0.0836. The van der Waals surface area contributed by atoms with Crippen LogP contribution in [0.15, 0.2) is 12.7 Å². The Hall–Kier alpha value is -1.02. The molecule has 0 aromatic carbocycles. The van der Waals surface area contributed by atoms with Gasteiger partial charge in [-0.1, -0.05) is 6.08 Å². The van der Waals surface area contributed by atoms with Gasteiger partial charge in [0.1, 0.15) is 91.6 Å². The molecule has 3 rings (SSSR count). The standard InChI is InChI=1S/C24H42O19/c1-2-3-38-23-17(37)21(16(36)19(41-23)8(28)5-26)43-24-15(35)11(31)13(33)20(42-24)9(29)6-39-22-14(34)10(30)12(32)18(40-22)7(27)4-25/h2,7-37H,1,3-6H2/t7-,8-,9-,10-,11-,12-,13-,14-,15-,16+,17-,18+,19+,20+,21-,22-,23-,24+/m0/s1. The Kier molecular flexibility index (Phi) is 13.6. The second-order valence-corrected chi connectivity index (χ2v) is 10.5. The number of aliphatic hydroxyl groups excluding tert-OH is 13. The van der Waals surface area contributed by atoms with Crippen LogP contribution >= 0.6 is 0 Å².